The molecule has 112 valence electrons. The van der Waals surface area contributed by atoms with Gasteiger partial charge in [-0.15, -0.1) is 0 Å². The van der Waals surface area contributed by atoms with E-state index in [1.807, 2.05) is 18.7 Å². The topological polar surface area (TPSA) is 47.1 Å². The van der Waals surface area contributed by atoms with E-state index < -0.39 is 0 Å². The minimum Gasteiger partial charge on any atom is -0.329 e. The second-order valence-corrected chi connectivity index (χ2v) is 6.43. The first-order chi connectivity index (χ1) is 10.1. The molecule has 0 amide bonds. The number of aryl methyl sites for hydroxylation is 2. The molecule has 0 saturated carbocycles. The third kappa shape index (κ3) is 2.65. The van der Waals surface area contributed by atoms with Crippen LogP contribution < -0.4 is 5.73 Å². The van der Waals surface area contributed by atoms with Crippen molar-refractivity contribution in [1.82, 2.24) is 14.7 Å². The monoisotopic (exact) mass is 348 g/mol. The van der Waals surface area contributed by atoms with Crippen molar-refractivity contribution in [3.05, 3.63) is 51.3 Å². The zero-order valence-corrected chi connectivity index (χ0v) is 14.1. The lowest BCUT2D eigenvalue weighted by atomic mass is 9.92. The van der Waals surface area contributed by atoms with Crippen LogP contribution in [0.25, 0.3) is 0 Å². The van der Waals surface area contributed by atoms with Gasteiger partial charge in [-0.3, -0.25) is 9.58 Å². The molecule has 0 saturated heterocycles. The van der Waals surface area contributed by atoms with Crippen LogP contribution in [-0.4, -0.2) is 27.8 Å². The Hall–Kier alpha value is -1.17. The Bertz CT molecular complexity index is 650. The summed E-state index contributed by atoms with van der Waals surface area (Å²) in [6.07, 6.45) is 1.08. The van der Waals surface area contributed by atoms with Gasteiger partial charge in [0.05, 0.1) is 15.9 Å². The average molecular weight is 349 g/mol. The van der Waals surface area contributed by atoms with E-state index in [-0.39, 0.29) is 6.04 Å². The number of halogens is 1. The molecule has 1 aromatic carbocycles. The van der Waals surface area contributed by atoms with Gasteiger partial charge in [0, 0.05) is 32.7 Å². The first kappa shape index (κ1) is 14.8. The lowest BCUT2D eigenvalue weighted by molar-refractivity contribution is 0.176. The van der Waals surface area contributed by atoms with Gasteiger partial charge < -0.3 is 5.73 Å². The van der Waals surface area contributed by atoms with Crippen molar-refractivity contribution in [2.45, 2.75) is 25.9 Å². The summed E-state index contributed by atoms with van der Waals surface area (Å²) < 4.78 is 3.08. The van der Waals surface area contributed by atoms with Gasteiger partial charge in [-0.1, -0.05) is 24.3 Å². The molecule has 2 aromatic rings. The number of rotatable bonds is 3. The summed E-state index contributed by atoms with van der Waals surface area (Å²) >= 11 is 3.66. The van der Waals surface area contributed by atoms with E-state index >= 15 is 0 Å². The predicted octanol–water partition coefficient (Wildman–Crippen LogP) is 2.55. The number of nitrogens with zero attached hydrogens (tertiary/aromatic N) is 3. The van der Waals surface area contributed by atoms with Crippen molar-refractivity contribution in [2.75, 3.05) is 13.1 Å². The highest BCUT2D eigenvalue weighted by molar-refractivity contribution is 9.10. The van der Waals surface area contributed by atoms with Crippen LogP contribution in [-0.2, 0) is 20.0 Å². The third-order valence-electron chi connectivity index (χ3n) is 4.36. The quantitative estimate of drug-likeness (QED) is 0.927. The molecule has 1 aliphatic heterocycles. The Morgan fingerprint density at radius 1 is 1.38 bits per heavy atom. The zero-order valence-electron chi connectivity index (χ0n) is 12.5. The Morgan fingerprint density at radius 3 is 2.81 bits per heavy atom. The normalized spacial score (nSPS) is 18.8. The van der Waals surface area contributed by atoms with E-state index in [2.05, 4.69) is 50.2 Å². The summed E-state index contributed by atoms with van der Waals surface area (Å²) in [4.78, 5) is 2.46. The number of nitrogens with two attached hydrogens (primary N) is 1. The molecule has 1 aromatic heterocycles. The minimum atomic E-state index is 0.289. The molecule has 4 nitrogen and oxygen atoms in total. The first-order valence-corrected chi connectivity index (χ1v) is 8.11. The summed E-state index contributed by atoms with van der Waals surface area (Å²) in [7, 11) is 2.00. The molecule has 0 spiro atoms. The molecule has 2 heterocycles. The van der Waals surface area contributed by atoms with Crippen LogP contribution >= 0.6 is 15.9 Å². The highest BCUT2D eigenvalue weighted by Gasteiger charge is 2.27. The molecule has 0 fully saturated rings. The lowest BCUT2D eigenvalue weighted by Gasteiger charge is -2.36. The van der Waals surface area contributed by atoms with Crippen LogP contribution in [0.3, 0.4) is 0 Å². The largest absolute Gasteiger partial charge is 0.329 e. The van der Waals surface area contributed by atoms with Gasteiger partial charge in [-0.2, -0.15) is 5.10 Å². The number of fused-ring (bicyclic) bond motifs is 1. The van der Waals surface area contributed by atoms with E-state index in [9.17, 15) is 0 Å². The van der Waals surface area contributed by atoms with E-state index in [1.54, 1.807) is 0 Å². The van der Waals surface area contributed by atoms with Crippen LogP contribution in [0.5, 0.6) is 0 Å². The van der Waals surface area contributed by atoms with Gasteiger partial charge in [0.15, 0.2) is 0 Å². The van der Waals surface area contributed by atoms with Crippen molar-refractivity contribution in [3.63, 3.8) is 0 Å². The second-order valence-electron chi connectivity index (χ2n) is 5.64. The summed E-state index contributed by atoms with van der Waals surface area (Å²) in [5, 5.41) is 4.48. The molecule has 1 atom stereocenters. The van der Waals surface area contributed by atoms with E-state index in [1.165, 1.54) is 16.8 Å². The fraction of sp³-hybridized carbons (Fsp3) is 0.438. The van der Waals surface area contributed by atoms with E-state index in [0.717, 1.165) is 29.7 Å². The van der Waals surface area contributed by atoms with Crippen LogP contribution in [0, 0.1) is 6.92 Å². The van der Waals surface area contributed by atoms with Crippen molar-refractivity contribution in [1.29, 1.82) is 0 Å². The van der Waals surface area contributed by atoms with Gasteiger partial charge in [-0.05, 0) is 40.4 Å². The summed E-state index contributed by atoms with van der Waals surface area (Å²) in [6, 6.07) is 8.94. The van der Waals surface area contributed by atoms with Crippen molar-refractivity contribution < 1.29 is 0 Å². The second kappa shape index (κ2) is 5.91. The maximum absolute atomic E-state index is 6.07. The standard InChI is InChI=1S/C16H21BrN4/c1-11-16(17)15(20(2)19-11)10-21-8-7-12-5-3-4-6-13(12)14(21)9-18/h3-6,14H,7-10,18H2,1-2H3. The van der Waals surface area contributed by atoms with Gasteiger partial charge in [0.2, 0.25) is 0 Å². The Balaban J connectivity index is 1.90. The Labute approximate surface area is 134 Å². The van der Waals surface area contributed by atoms with Crippen molar-refractivity contribution in [2.24, 2.45) is 12.8 Å². The molecule has 1 aliphatic rings. The smallest absolute Gasteiger partial charge is 0.0739 e. The average Bonchev–Trinajstić information content (AvgIpc) is 2.73. The number of aromatic nitrogens is 2. The van der Waals surface area contributed by atoms with E-state index in [4.69, 9.17) is 5.73 Å². The predicted molar refractivity (Wildman–Crippen MR) is 88.0 cm³/mol. The third-order valence-corrected chi connectivity index (χ3v) is 5.39. The molecule has 21 heavy (non-hydrogen) atoms. The molecular weight excluding hydrogens is 328 g/mol. The van der Waals surface area contributed by atoms with Crippen LogP contribution in [0.4, 0.5) is 0 Å². The van der Waals surface area contributed by atoms with E-state index in [0.29, 0.717) is 6.54 Å². The van der Waals surface area contributed by atoms with Crippen molar-refractivity contribution in [3.8, 4) is 0 Å². The number of hydrogen-bond acceptors (Lipinski definition) is 3. The highest BCUT2D eigenvalue weighted by Crippen LogP contribution is 2.31. The summed E-state index contributed by atoms with van der Waals surface area (Å²) in [6.45, 7) is 4.58. The van der Waals surface area contributed by atoms with Crippen LogP contribution in [0.1, 0.15) is 28.6 Å². The fourth-order valence-electron chi connectivity index (χ4n) is 3.21. The molecule has 3 rings (SSSR count). The Kier molecular flexibility index (Phi) is 4.15. The molecular formula is C16H21BrN4. The molecule has 0 bridgehead atoms. The first-order valence-electron chi connectivity index (χ1n) is 7.31. The fourth-order valence-corrected chi connectivity index (χ4v) is 3.67. The zero-order chi connectivity index (χ0) is 15.0. The molecule has 2 N–H and O–H groups in total. The highest BCUT2D eigenvalue weighted by atomic mass is 79.9. The maximum Gasteiger partial charge on any atom is 0.0739 e. The Morgan fingerprint density at radius 2 is 2.14 bits per heavy atom. The van der Waals surface area contributed by atoms with Gasteiger partial charge >= 0.3 is 0 Å². The molecule has 5 heteroatoms. The van der Waals surface area contributed by atoms with Gasteiger partial charge in [0.1, 0.15) is 0 Å². The maximum atomic E-state index is 6.07. The molecule has 0 aliphatic carbocycles. The SMILES string of the molecule is Cc1nn(C)c(CN2CCc3ccccc3C2CN)c1Br. The van der Waals surface area contributed by atoms with Crippen LogP contribution in [0.2, 0.25) is 0 Å². The lowest BCUT2D eigenvalue weighted by Crippen LogP contribution is -2.39. The number of hydrogen-bond donors (Lipinski definition) is 1. The van der Waals surface area contributed by atoms with Gasteiger partial charge in [-0.25, -0.2) is 0 Å². The molecule has 1 unspecified atom stereocenters. The summed E-state index contributed by atoms with van der Waals surface area (Å²) in [5.41, 5.74) is 11.1. The molecule has 0 radical (unpaired) electrons. The van der Waals surface area contributed by atoms with Gasteiger partial charge in [0.25, 0.3) is 0 Å². The summed E-state index contributed by atoms with van der Waals surface area (Å²) in [5.74, 6) is 0. The van der Waals surface area contributed by atoms with Crippen LogP contribution in [0.15, 0.2) is 28.7 Å². The number of benzene rings is 1. The van der Waals surface area contributed by atoms with Crippen molar-refractivity contribution >= 4 is 15.9 Å². The minimum absolute atomic E-state index is 0.289.